The average molecular weight is 220 g/mol. The number of likely N-dealkylation sites (N-methyl/N-ethyl adjacent to an activating group) is 2. The first-order valence-electron chi connectivity index (χ1n) is 6.17. The van der Waals surface area contributed by atoms with Gasteiger partial charge >= 0.3 is 0 Å². The van der Waals surface area contributed by atoms with Crippen molar-refractivity contribution in [1.82, 2.24) is 4.90 Å². The number of benzene rings is 1. The number of hydrogen-bond donors (Lipinski definition) is 0. The van der Waals surface area contributed by atoms with Crippen LogP contribution in [0.2, 0.25) is 0 Å². The molecule has 16 heavy (non-hydrogen) atoms. The zero-order chi connectivity index (χ0) is 12.0. The molecule has 0 saturated heterocycles. The molecule has 0 bridgehead atoms. The van der Waals surface area contributed by atoms with Crippen molar-refractivity contribution in [3.8, 4) is 0 Å². The Morgan fingerprint density at radius 2 is 1.75 bits per heavy atom. The summed E-state index contributed by atoms with van der Waals surface area (Å²) in [5, 5.41) is 0. The fraction of sp³-hybridized carbons (Fsp3) is 0.571. The van der Waals surface area contributed by atoms with Crippen molar-refractivity contribution in [3.63, 3.8) is 0 Å². The molecule has 1 aromatic rings. The van der Waals surface area contributed by atoms with E-state index in [2.05, 4.69) is 61.9 Å². The standard InChI is InChI=1S/C14H24N2/c1-5-16(6-2)11-10-15(4)14-9-7-8-13(3)12-14/h7-9,12H,5-6,10-11H2,1-4H3. The Morgan fingerprint density at radius 1 is 1.06 bits per heavy atom. The van der Waals surface area contributed by atoms with Gasteiger partial charge in [-0.15, -0.1) is 0 Å². The van der Waals surface area contributed by atoms with Crippen LogP contribution in [0.1, 0.15) is 19.4 Å². The summed E-state index contributed by atoms with van der Waals surface area (Å²) in [6.45, 7) is 11.1. The average Bonchev–Trinajstić information content (AvgIpc) is 2.30. The molecule has 0 unspecified atom stereocenters. The van der Waals surface area contributed by atoms with Crippen LogP contribution in [0.15, 0.2) is 24.3 Å². The van der Waals surface area contributed by atoms with E-state index in [4.69, 9.17) is 0 Å². The normalized spacial score (nSPS) is 10.8. The zero-order valence-corrected chi connectivity index (χ0v) is 11.0. The molecule has 0 aliphatic carbocycles. The van der Waals surface area contributed by atoms with Crippen LogP contribution >= 0.6 is 0 Å². The van der Waals surface area contributed by atoms with Gasteiger partial charge in [0.05, 0.1) is 0 Å². The molecule has 0 aromatic heterocycles. The summed E-state index contributed by atoms with van der Waals surface area (Å²) in [7, 11) is 2.16. The molecule has 90 valence electrons. The third-order valence-electron chi connectivity index (χ3n) is 3.09. The van der Waals surface area contributed by atoms with Gasteiger partial charge in [0.2, 0.25) is 0 Å². The maximum Gasteiger partial charge on any atom is 0.0366 e. The van der Waals surface area contributed by atoms with Gasteiger partial charge in [0, 0.05) is 25.8 Å². The van der Waals surface area contributed by atoms with Crippen LogP contribution in [0, 0.1) is 6.92 Å². The first-order chi connectivity index (χ1) is 7.67. The minimum Gasteiger partial charge on any atom is -0.373 e. The van der Waals surface area contributed by atoms with Crippen molar-refractivity contribution in [2.45, 2.75) is 20.8 Å². The van der Waals surface area contributed by atoms with Crippen LogP contribution in [-0.2, 0) is 0 Å². The molecule has 0 amide bonds. The lowest BCUT2D eigenvalue weighted by molar-refractivity contribution is 0.311. The fourth-order valence-corrected chi connectivity index (χ4v) is 1.83. The van der Waals surface area contributed by atoms with Crippen molar-refractivity contribution >= 4 is 5.69 Å². The molecule has 0 aliphatic rings. The summed E-state index contributed by atoms with van der Waals surface area (Å²) in [6, 6.07) is 8.68. The second kappa shape index (κ2) is 6.54. The molecule has 0 atom stereocenters. The highest BCUT2D eigenvalue weighted by Gasteiger charge is 2.03. The zero-order valence-electron chi connectivity index (χ0n) is 11.0. The molecule has 0 heterocycles. The minimum absolute atomic E-state index is 1.09. The Bertz CT molecular complexity index is 305. The second-order valence-electron chi connectivity index (χ2n) is 4.29. The lowest BCUT2D eigenvalue weighted by Gasteiger charge is -2.24. The van der Waals surface area contributed by atoms with Crippen LogP contribution in [-0.4, -0.2) is 38.1 Å². The number of hydrogen-bond acceptors (Lipinski definition) is 2. The Labute approximate surface area is 99.9 Å². The van der Waals surface area contributed by atoms with Gasteiger partial charge in [-0.05, 0) is 37.7 Å². The molecular formula is C14H24N2. The smallest absolute Gasteiger partial charge is 0.0366 e. The molecule has 0 radical (unpaired) electrons. The fourth-order valence-electron chi connectivity index (χ4n) is 1.83. The van der Waals surface area contributed by atoms with Crippen LogP contribution in [0.5, 0.6) is 0 Å². The molecule has 1 rings (SSSR count). The molecule has 0 spiro atoms. The van der Waals surface area contributed by atoms with Crippen LogP contribution < -0.4 is 4.90 Å². The summed E-state index contributed by atoms with van der Waals surface area (Å²) in [4.78, 5) is 4.78. The molecule has 2 heteroatoms. The first-order valence-corrected chi connectivity index (χ1v) is 6.17. The van der Waals surface area contributed by atoms with E-state index in [0.29, 0.717) is 0 Å². The van der Waals surface area contributed by atoms with E-state index in [1.807, 2.05) is 0 Å². The predicted octanol–water partition coefficient (Wildman–Crippen LogP) is 2.77. The van der Waals surface area contributed by atoms with Gasteiger partial charge in [-0.3, -0.25) is 0 Å². The van der Waals surface area contributed by atoms with Crippen LogP contribution in [0.3, 0.4) is 0 Å². The van der Waals surface area contributed by atoms with Crippen molar-refractivity contribution in [1.29, 1.82) is 0 Å². The van der Waals surface area contributed by atoms with Crippen LogP contribution in [0.4, 0.5) is 5.69 Å². The Morgan fingerprint density at radius 3 is 2.31 bits per heavy atom. The number of anilines is 1. The van der Waals surface area contributed by atoms with Crippen molar-refractivity contribution in [2.24, 2.45) is 0 Å². The van der Waals surface area contributed by atoms with Crippen molar-refractivity contribution < 1.29 is 0 Å². The predicted molar refractivity (Wildman–Crippen MR) is 72.2 cm³/mol. The third-order valence-corrected chi connectivity index (χ3v) is 3.09. The minimum atomic E-state index is 1.09. The van der Waals surface area contributed by atoms with Gasteiger partial charge in [-0.2, -0.15) is 0 Å². The monoisotopic (exact) mass is 220 g/mol. The Hall–Kier alpha value is -1.02. The molecule has 0 saturated carbocycles. The largest absolute Gasteiger partial charge is 0.373 e. The lowest BCUT2D eigenvalue weighted by Crippen LogP contribution is -2.33. The molecule has 2 nitrogen and oxygen atoms in total. The van der Waals surface area contributed by atoms with Gasteiger partial charge in [-0.1, -0.05) is 26.0 Å². The molecular weight excluding hydrogens is 196 g/mol. The summed E-state index contributed by atoms with van der Waals surface area (Å²) in [6.07, 6.45) is 0. The summed E-state index contributed by atoms with van der Waals surface area (Å²) in [5.41, 5.74) is 2.64. The van der Waals surface area contributed by atoms with Gasteiger partial charge < -0.3 is 9.80 Å². The van der Waals surface area contributed by atoms with Gasteiger partial charge in [-0.25, -0.2) is 0 Å². The van der Waals surface area contributed by atoms with E-state index in [9.17, 15) is 0 Å². The van der Waals surface area contributed by atoms with Gasteiger partial charge in [0.1, 0.15) is 0 Å². The lowest BCUT2D eigenvalue weighted by atomic mass is 10.2. The molecule has 0 N–H and O–H groups in total. The number of rotatable bonds is 6. The molecule has 0 aliphatic heterocycles. The highest BCUT2D eigenvalue weighted by atomic mass is 15.2. The van der Waals surface area contributed by atoms with Gasteiger partial charge in [0.15, 0.2) is 0 Å². The first kappa shape index (κ1) is 13.0. The molecule has 0 fully saturated rings. The number of aryl methyl sites for hydroxylation is 1. The maximum absolute atomic E-state index is 2.45. The van der Waals surface area contributed by atoms with E-state index in [1.54, 1.807) is 0 Å². The van der Waals surface area contributed by atoms with Crippen molar-refractivity contribution in [3.05, 3.63) is 29.8 Å². The van der Waals surface area contributed by atoms with Crippen LogP contribution in [0.25, 0.3) is 0 Å². The highest BCUT2D eigenvalue weighted by Crippen LogP contribution is 2.13. The maximum atomic E-state index is 2.45. The second-order valence-corrected chi connectivity index (χ2v) is 4.29. The summed E-state index contributed by atoms with van der Waals surface area (Å²) >= 11 is 0. The van der Waals surface area contributed by atoms with E-state index >= 15 is 0 Å². The van der Waals surface area contributed by atoms with Crippen molar-refractivity contribution in [2.75, 3.05) is 38.1 Å². The quantitative estimate of drug-likeness (QED) is 0.727. The summed E-state index contributed by atoms with van der Waals surface area (Å²) in [5.74, 6) is 0. The highest BCUT2D eigenvalue weighted by molar-refractivity contribution is 5.47. The SMILES string of the molecule is CCN(CC)CCN(C)c1cccc(C)c1. The van der Waals surface area contributed by atoms with E-state index in [1.165, 1.54) is 11.3 Å². The Kier molecular flexibility index (Phi) is 5.33. The molecule has 1 aromatic carbocycles. The Balaban J connectivity index is 2.49. The summed E-state index contributed by atoms with van der Waals surface area (Å²) < 4.78 is 0. The number of nitrogens with zero attached hydrogens (tertiary/aromatic N) is 2. The van der Waals surface area contributed by atoms with E-state index in [-0.39, 0.29) is 0 Å². The van der Waals surface area contributed by atoms with E-state index < -0.39 is 0 Å². The topological polar surface area (TPSA) is 6.48 Å². The third kappa shape index (κ3) is 3.86. The van der Waals surface area contributed by atoms with Gasteiger partial charge in [0.25, 0.3) is 0 Å². The van der Waals surface area contributed by atoms with E-state index in [0.717, 1.165) is 26.2 Å².